The van der Waals surface area contributed by atoms with E-state index in [9.17, 15) is 9.59 Å². The smallest absolute Gasteiger partial charge is 0.330 e. The summed E-state index contributed by atoms with van der Waals surface area (Å²) in [7, 11) is 0. The highest BCUT2D eigenvalue weighted by Crippen LogP contribution is 2.14. The normalized spacial score (nSPS) is 16.7. The van der Waals surface area contributed by atoms with E-state index in [1.807, 2.05) is 30.3 Å². The summed E-state index contributed by atoms with van der Waals surface area (Å²) in [5.74, 6) is -0.369. The molecule has 1 aliphatic heterocycles. The Morgan fingerprint density at radius 2 is 1.90 bits per heavy atom. The molecule has 6 heteroatoms. The van der Waals surface area contributed by atoms with Crippen LogP contribution in [0.1, 0.15) is 24.5 Å². The average Bonchev–Trinajstić information content (AvgIpc) is 3.15. The monoisotopic (exact) mass is 393 g/mol. The Morgan fingerprint density at radius 3 is 2.62 bits per heavy atom. The fraction of sp³-hybridized carbons (Fsp3) is 0.304. The summed E-state index contributed by atoms with van der Waals surface area (Å²) in [6.45, 7) is 4.85. The van der Waals surface area contributed by atoms with Gasteiger partial charge < -0.3 is 15.4 Å². The van der Waals surface area contributed by atoms with E-state index in [4.69, 9.17) is 4.74 Å². The van der Waals surface area contributed by atoms with Crippen molar-refractivity contribution in [2.24, 2.45) is 0 Å². The van der Waals surface area contributed by atoms with Crippen LogP contribution < -0.4 is 10.6 Å². The highest BCUT2D eigenvalue weighted by atomic mass is 16.5. The summed E-state index contributed by atoms with van der Waals surface area (Å²) in [4.78, 5) is 26.0. The Balaban J connectivity index is 1.43. The molecule has 1 saturated heterocycles. The third-order valence-electron chi connectivity index (χ3n) is 4.72. The molecule has 0 radical (unpaired) electrons. The first kappa shape index (κ1) is 20.6. The van der Waals surface area contributed by atoms with Gasteiger partial charge in [-0.2, -0.15) is 0 Å². The van der Waals surface area contributed by atoms with Gasteiger partial charge in [-0.05, 0) is 42.7 Å². The summed E-state index contributed by atoms with van der Waals surface area (Å²) < 4.78 is 4.85. The summed E-state index contributed by atoms with van der Waals surface area (Å²) in [6.07, 6.45) is 4.01. The van der Waals surface area contributed by atoms with Crippen molar-refractivity contribution in [3.8, 4) is 0 Å². The number of anilines is 1. The first-order valence-corrected chi connectivity index (χ1v) is 9.91. The zero-order valence-corrected chi connectivity index (χ0v) is 16.6. The quantitative estimate of drug-likeness (QED) is 0.556. The molecule has 1 aliphatic rings. The van der Waals surface area contributed by atoms with Crippen molar-refractivity contribution < 1.29 is 14.3 Å². The molecule has 1 atom stereocenters. The standard InChI is InChI=1S/C23H27N3O3/c1-2-29-22(27)13-10-18-8-11-20(12-9-18)24-23(28)25-21-14-15-26(17-21)16-19-6-4-3-5-7-19/h3-13,21H,2,14-17H2,1H3,(H2,24,25,28)/b13-10+/t21-/m1/s1. The lowest BCUT2D eigenvalue weighted by atomic mass is 10.2. The molecule has 3 rings (SSSR count). The van der Waals surface area contributed by atoms with Crippen LogP contribution in [0.3, 0.4) is 0 Å². The van der Waals surface area contributed by atoms with E-state index >= 15 is 0 Å². The Labute approximate surface area is 171 Å². The van der Waals surface area contributed by atoms with E-state index in [1.54, 1.807) is 25.1 Å². The van der Waals surface area contributed by atoms with Crippen molar-refractivity contribution in [1.29, 1.82) is 0 Å². The van der Waals surface area contributed by atoms with Gasteiger partial charge >= 0.3 is 12.0 Å². The number of nitrogens with one attached hydrogen (secondary N) is 2. The predicted molar refractivity (Wildman–Crippen MR) is 114 cm³/mol. The summed E-state index contributed by atoms with van der Waals surface area (Å²) in [6, 6.07) is 17.6. The van der Waals surface area contributed by atoms with Crippen LogP contribution in [0.2, 0.25) is 0 Å². The molecule has 2 N–H and O–H groups in total. The Bertz CT molecular complexity index is 834. The largest absolute Gasteiger partial charge is 0.463 e. The third kappa shape index (κ3) is 6.76. The number of benzene rings is 2. The van der Waals surface area contributed by atoms with Gasteiger partial charge in [0.15, 0.2) is 0 Å². The van der Waals surface area contributed by atoms with Gasteiger partial charge in [-0.15, -0.1) is 0 Å². The van der Waals surface area contributed by atoms with Crippen LogP contribution in [0, 0.1) is 0 Å². The van der Waals surface area contributed by atoms with Crippen LogP contribution in [-0.4, -0.2) is 42.6 Å². The van der Waals surface area contributed by atoms with Gasteiger partial charge in [-0.1, -0.05) is 42.5 Å². The van der Waals surface area contributed by atoms with Gasteiger partial charge in [-0.25, -0.2) is 9.59 Å². The topological polar surface area (TPSA) is 70.7 Å². The number of hydrogen-bond acceptors (Lipinski definition) is 4. The van der Waals surface area contributed by atoms with Gasteiger partial charge in [0, 0.05) is 37.4 Å². The van der Waals surface area contributed by atoms with E-state index in [1.165, 1.54) is 11.6 Å². The molecule has 0 bridgehead atoms. The second kappa shape index (κ2) is 10.4. The second-order valence-corrected chi connectivity index (χ2v) is 7.01. The maximum absolute atomic E-state index is 12.3. The van der Waals surface area contributed by atoms with E-state index < -0.39 is 0 Å². The number of urea groups is 1. The van der Waals surface area contributed by atoms with Crippen molar-refractivity contribution in [2.75, 3.05) is 25.0 Å². The summed E-state index contributed by atoms with van der Waals surface area (Å²) in [5, 5.41) is 5.91. The lowest BCUT2D eigenvalue weighted by Gasteiger charge is -2.17. The van der Waals surface area contributed by atoms with Crippen molar-refractivity contribution in [2.45, 2.75) is 25.9 Å². The lowest BCUT2D eigenvalue weighted by molar-refractivity contribution is -0.137. The summed E-state index contributed by atoms with van der Waals surface area (Å²) >= 11 is 0. The minimum Gasteiger partial charge on any atom is -0.463 e. The van der Waals surface area contributed by atoms with Crippen molar-refractivity contribution in [1.82, 2.24) is 10.2 Å². The van der Waals surface area contributed by atoms with Crippen LogP contribution in [0.15, 0.2) is 60.7 Å². The fourth-order valence-electron chi connectivity index (χ4n) is 3.32. The molecular weight excluding hydrogens is 366 g/mol. The number of ether oxygens (including phenoxy) is 1. The van der Waals surface area contributed by atoms with E-state index in [2.05, 4.69) is 27.7 Å². The maximum Gasteiger partial charge on any atom is 0.330 e. The first-order valence-electron chi connectivity index (χ1n) is 9.91. The average molecular weight is 393 g/mol. The number of esters is 1. The number of amides is 2. The number of carbonyl (C=O) groups is 2. The van der Waals surface area contributed by atoms with Crippen molar-refractivity contribution in [3.63, 3.8) is 0 Å². The molecule has 1 fully saturated rings. The van der Waals surface area contributed by atoms with Crippen LogP contribution >= 0.6 is 0 Å². The SMILES string of the molecule is CCOC(=O)/C=C/c1ccc(NC(=O)N[C@@H]2CCN(Cc3ccccc3)C2)cc1. The van der Waals surface area contributed by atoms with Gasteiger partial charge in [-0.3, -0.25) is 4.90 Å². The maximum atomic E-state index is 12.3. The fourth-order valence-corrected chi connectivity index (χ4v) is 3.32. The molecule has 0 spiro atoms. The highest BCUT2D eigenvalue weighted by molar-refractivity contribution is 5.90. The zero-order valence-electron chi connectivity index (χ0n) is 16.6. The van der Waals surface area contributed by atoms with Gasteiger partial charge in [0.1, 0.15) is 0 Å². The van der Waals surface area contributed by atoms with Gasteiger partial charge in [0.05, 0.1) is 6.61 Å². The second-order valence-electron chi connectivity index (χ2n) is 7.01. The molecule has 2 aromatic carbocycles. The zero-order chi connectivity index (χ0) is 20.5. The molecule has 152 valence electrons. The number of hydrogen-bond donors (Lipinski definition) is 2. The number of carbonyl (C=O) groups excluding carboxylic acids is 2. The molecule has 0 aliphatic carbocycles. The summed E-state index contributed by atoms with van der Waals surface area (Å²) in [5.41, 5.74) is 2.85. The molecule has 29 heavy (non-hydrogen) atoms. The molecule has 0 aromatic heterocycles. The van der Waals surface area contributed by atoms with Crippen molar-refractivity contribution in [3.05, 3.63) is 71.8 Å². The van der Waals surface area contributed by atoms with Crippen molar-refractivity contribution >= 4 is 23.8 Å². The van der Waals surface area contributed by atoms with Gasteiger partial charge in [0.25, 0.3) is 0 Å². The highest BCUT2D eigenvalue weighted by Gasteiger charge is 2.23. The molecule has 6 nitrogen and oxygen atoms in total. The van der Waals surface area contributed by atoms with Crippen LogP contribution in [0.4, 0.5) is 10.5 Å². The molecule has 1 heterocycles. The first-order chi connectivity index (χ1) is 14.1. The Kier molecular flexibility index (Phi) is 7.41. The molecule has 2 aromatic rings. The molecule has 0 saturated carbocycles. The minimum absolute atomic E-state index is 0.144. The van der Waals surface area contributed by atoms with E-state index in [0.29, 0.717) is 12.3 Å². The van der Waals surface area contributed by atoms with E-state index in [-0.39, 0.29) is 18.0 Å². The Morgan fingerprint density at radius 1 is 1.14 bits per heavy atom. The lowest BCUT2D eigenvalue weighted by Crippen LogP contribution is -2.39. The molecule has 0 unspecified atom stereocenters. The van der Waals surface area contributed by atoms with E-state index in [0.717, 1.165) is 31.6 Å². The molecular formula is C23H27N3O3. The number of likely N-dealkylation sites (tertiary alicyclic amines) is 1. The van der Waals surface area contributed by atoms with Crippen LogP contribution in [0.25, 0.3) is 6.08 Å². The van der Waals surface area contributed by atoms with Crippen LogP contribution in [0.5, 0.6) is 0 Å². The van der Waals surface area contributed by atoms with Crippen LogP contribution in [-0.2, 0) is 16.1 Å². The van der Waals surface area contributed by atoms with Gasteiger partial charge in [0.2, 0.25) is 0 Å². The third-order valence-corrected chi connectivity index (χ3v) is 4.72. The molecule has 2 amide bonds. The number of nitrogens with zero attached hydrogens (tertiary/aromatic N) is 1. The predicted octanol–water partition coefficient (Wildman–Crippen LogP) is 3.66. The number of rotatable bonds is 7. The minimum atomic E-state index is -0.369. The Hall–Kier alpha value is -3.12.